The molecule has 0 saturated heterocycles. The molecule has 1 aliphatic rings. The van der Waals surface area contributed by atoms with Gasteiger partial charge in [-0.05, 0) is 72.7 Å². The molecule has 2 heterocycles. The first kappa shape index (κ1) is 26.0. The lowest BCUT2D eigenvalue weighted by molar-refractivity contribution is 0.374. The highest BCUT2D eigenvalue weighted by atomic mass is 35.5. The Morgan fingerprint density at radius 3 is 2.33 bits per heavy atom. The molecule has 0 fully saturated rings. The second kappa shape index (κ2) is 11.1. The lowest BCUT2D eigenvalue weighted by atomic mass is 9.89. The molecule has 40 heavy (non-hydrogen) atoms. The third-order valence-corrected chi connectivity index (χ3v) is 7.65. The van der Waals surface area contributed by atoms with Crippen molar-refractivity contribution in [3.63, 3.8) is 0 Å². The van der Waals surface area contributed by atoms with Gasteiger partial charge >= 0.3 is 0 Å². The van der Waals surface area contributed by atoms with Crippen LogP contribution in [0.5, 0.6) is 5.75 Å². The van der Waals surface area contributed by atoms with Crippen LogP contribution in [0.25, 0.3) is 22.0 Å². The Morgan fingerprint density at radius 2 is 1.62 bits per heavy atom. The quantitative estimate of drug-likeness (QED) is 0.218. The highest BCUT2D eigenvalue weighted by Gasteiger charge is 2.34. The zero-order chi connectivity index (χ0) is 27.6. The molecule has 1 atom stereocenters. The van der Waals surface area contributed by atoms with Crippen molar-refractivity contribution in [1.82, 2.24) is 9.99 Å². The molecule has 1 N–H and O–H groups in total. The van der Waals surface area contributed by atoms with Gasteiger partial charge in [0.15, 0.2) is 5.11 Å². The molecule has 7 heteroatoms. The van der Waals surface area contributed by atoms with Gasteiger partial charge in [0.1, 0.15) is 5.75 Å². The topological polar surface area (TPSA) is 49.8 Å². The molecule has 0 spiro atoms. The minimum atomic E-state index is -0.109. The third kappa shape index (κ3) is 5.04. The first-order valence-electron chi connectivity index (χ1n) is 13.0. The number of ether oxygens (including phenoxy) is 1. The van der Waals surface area contributed by atoms with Crippen LogP contribution in [0.4, 0.5) is 5.69 Å². The molecule has 0 saturated carbocycles. The Hall–Kier alpha value is -4.26. The third-order valence-electron chi connectivity index (χ3n) is 7.12. The van der Waals surface area contributed by atoms with E-state index < -0.39 is 0 Å². The number of rotatable bonds is 5. The summed E-state index contributed by atoms with van der Waals surface area (Å²) >= 11 is 12.4. The first-order chi connectivity index (χ1) is 19.5. The summed E-state index contributed by atoms with van der Waals surface area (Å²) in [4.78, 5) is 4.98. The van der Waals surface area contributed by atoms with Crippen molar-refractivity contribution in [3.05, 3.63) is 125 Å². The van der Waals surface area contributed by atoms with E-state index in [0.29, 0.717) is 16.6 Å². The average molecular weight is 563 g/mol. The van der Waals surface area contributed by atoms with Crippen LogP contribution >= 0.6 is 23.8 Å². The minimum Gasteiger partial charge on any atom is -0.497 e. The van der Waals surface area contributed by atoms with Crippen LogP contribution in [0, 0.1) is 6.92 Å². The summed E-state index contributed by atoms with van der Waals surface area (Å²) in [7, 11) is 1.67. The minimum absolute atomic E-state index is 0.109. The van der Waals surface area contributed by atoms with Crippen molar-refractivity contribution in [2.45, 2.75) is 19.4 Å². The lowest BCUT2D eigenvalue weighted by Gasteiger charge is -2.25. The largest absolute Gasteiger partial charge is 0.497 e. The van der Waals surface area contributed by atoms with Gasteiger partial charge in [-0.1, -0.05) is 72.3 Å². The second-order valence-electron chi connectivity index (χ2n) is 9.66. The van der Waals surface area contributed by atoms with Crippen LogP contribution in [0.1, 0.15) is 29.3 Å². The number of para-hydroxylation sites is 1. The van der Waals surface area contributed by atoms with E-state index in [1.54, 1.807) is 7.11 Å². The van der Waals surface area contributed by atoms with Crippen molar-refractivity contribution in [1.29, 1.82) is 0 Å². The van der Waals surface area contributed by atoms with Crippen LogP contribution in [0.3, 0.4) is 0 Å². The van der Waals surface area contributed by atoms with Crippen molar-refractivity contribution < 1.29 is 4.74 Å². The Morgan fingerprint density at radius 1 is 0.925 bits per heavy atom. The van der Waals surface area contributed by atoms with Crippen LogP contribution in [0.15, 0.2) is 108 Å². The molecule has 198 valence electrons. The van der Waals surface area contributed by atoms with E-state index in [0.717, 1.165) is 56.0 Å². The van der Waals surface area contributed by atoms with Gasteiger partial charge in [-0.3, -0.25) is 4.98 Å². The summed E-state index contributed by atoms with van der Waals surface area (Å²) < 4.78 is 5.41. The summed E-state index contributed by atoms with van der Waals surface area (Å²) in [5, 5.41) is 12.6. The number of nitrogens with one attached hydrogen (secondary N) is 1. The maximum absolute atomic E-state index is 6.50. The summed E-state index contributed by atoms with van der Waals surface area (Å²) in [6.45, 7) is 2.05. The average Bonchev–Trinajstić information content (AvgIpc) is 3.43. The Labute approximate surface area is 244 Å². The van der Waals surface area contributed by atoms with Crippen LogP contribution in [0.2, 0.25) is 5.02 Å². The molecule has 0 radical (unpaired) electrons. The summed E-state index contributed by atoms with van der Waals surface area (Å²) in [5.41, 5.74) is 7.88. The van der Waals surface area contributed by atoms with Gasteiger partial charge in [-0.25, -0.2) is 5.01 Å². The number of benzene rings is 4. The van der Waals surface area contributed by atoms with Gasteiger partial charge in [0, 0.05) is 39.3 Å². The van der Waals surface area contributed by atoms with Gasteiger partial charge in [0.25, 0.3) is 0 Å². The molecule has 0 amide bonds. The standard InChI is InChI=1S/C33H27ClN4OS/c1-21-31(32(23-9-5-3-6-10-23)27-19-24(34)15-18-28(27)35-21)29-20-30(22-13-16-26(39-2)17-14-22)38(37-29)33(40)36-25-11-7-4-8-12-25/h3-19,30H,20H2,1-2H3,(H,36,40)/t30-/m1/s1. The number of hydrogen-bond acceptors (Lipinski definition) is 4. The highest BCUT2D eigenvalue weighted by molar-refractivity contribution is 7.80. The maximum atomic E-state index is 6.50. The molecule has 4 aromatic carbocycles. The SMILES string of the molecule is COc1ccc([C@H]2CC(c3c(C)nc4ccc(Cl)cc4c3-c3ccccc3)=NN2C(=S)Nc2ccccc2)cc1. The van der Waals surface area contributed by atoms with E-state index in [4.69, 9.17) is 38.6 Å². The van der Waals surface area contributed by atoms with Gasteiger partial charge in [-0.15, -0.1) is 0 Å². The van der Waals surface area contributed by atoms with Crippen molar-refractivity contribution >= 4 is 51.2 Å². The van der Waals surface area contributed by atoms with Crippen molar-refractivity contribution in [2.75, 3.05) is 12.4 Å². The normalized spacial score (nSPS) is 14.7. The number of thiocarbonyl (C=S) groups is 1. The number of aromatic nitrogens is 1. The number of fused-ring (bicyclic) bond motifs is 1. The number of anilines is 1. The van der Waals surface area contributed by atoms with E-state index >= 15 is 0 Å². The predicted molar refractivity (Wildman–Crippen MR) is 168 cm³/mol. The molecule has 1 aromatic heterocycles. The molecule has 5 nitrogen and oxygen atoms in total. The fourth-order valence-electron chi connectivity index (χ4n) is 5.25. The van der Waals surface area contributed by atoms with E-state index in [2.05, 4.69) is 29.6 Å². The number of aryl methyl sites for hydroxylation is 1. The number of methoxy groups -OCH3 is 1. The second-order valence-corrected chi connectivity index (χ2v) is 10.5. The van der Waals surface area contributed by atoms with Crippen LogP contribution in [-0.4, -0.2) is 27.9 Å². The molecule has 0 bridgehead atoms. The Balaban J connectivity index is 1.51. The van der Waals surface area contributed by atoms with Crippen molar-refractivity contribution in [2.24, 2.45) is 5.10 Å². The molecule has 6 rings (SSSR count). The molecule has 0 aliphatic carbocycles. The summed E-state index contributed by atoms with van der Waals surface area (Å²) in [5.74, 6) is 0.803. The molecular weight excluding hydrogens is 536 g/mol. The fourth-order valence-corrected chi connectivity index (χ4v) is 5.71. The predicted octanol–water partition coefficient (Wildman–Crippen LogP) is 8.42. The monoisotopic (exact) mass is 562 g/mol. The van der Waals surface area contributed by atoms with Crippen molar-refractivity contribution in [3.8, 4) is 16.9 Å². The molecule has 1 aliphatic heterocycles. The van der Waals surface area contributed by atoms with Crippen LogP contribution < -0.4 is 10.1 Å². The van der Waals surface area contributed by atoms with E-state index in [-0.39, 0.29) is 6.04 Å². The van der Waals surface area contributed by atoms with E-state index in [9.17, 15) is 0 Å². The molecular formula is C33H27ClN4OS. The molecule has 5 aromatic rings. The molecule has 0 unspecified atom stereocenters. The van der Waals surface area contributed by atoms with Gasteiger partial charge in [-0.2, -0.15) is 5.10 Å². The maximum Gasteiger partial charge on any atom is 0.194 e. The first-order valence-corrected chi connectivity index (χ1v) is 13.8. The summed E-state index contributed by atoms with van der Waals surface area (Å²) in [6.07, 6.45) is 0.650. The number of hydrazone groups is 1. The Bertz CT molecular complexity index is 1720. The zero-order valence-electron chi connectivity index (χ0n) is 22.1. The zero-order valence-corrected chi connectivity index (χ0v) is 23.7. The smallest absolute Gasteiger partial charge is 0.194 e. The summed E-state index contributed by atoms with van der Waals surface area (Å²) in [6, 6.07) is 34.1. The lowest BCUT2D eigenvalue weighted by Crippen LogP contribution is -2.31. The van der Waals surface area contributed by atoms with Gasteiger partial charge < -0.3 is 10.1 Å². The number of pyridine rings is 1. The number of halogens is 1. The fraction of sp³-hybridized carbons (Fsp3) is 0.121. The number of hydrogen-bond donors (Lipinski definition) is 1. The Kier molecular flexibility index (Phi) is 7.20. The highest BCUT2D eigenvalue weighted by Crippen LogP contribution is 2.40. The van der Waals surface area contributed by atoms with E-state index in [1.165, 1.54) is 0 Å². The number of nitrogens with zero attached hydrogens (tertiary/aromatic N) is 3. The van der Waals surface area contributed by atoms with Gasteiger partial charge in [0.2, 0.25) is 0 Å². The van der Waals surface area contributed by atoms with E-state index in [1.807, 2.05) is 90.8 Å². The van der Waals surface area contributed by atoms with Crippen LogP contribution in [-0.2, 0) is 0 Å². The van der Waals surface area contributed by atoms with Gasteiger partial charge in [0.05, 0.1) is 24.4 Å².